The van der Waals surface area contributed by atoms with Crippen LogP contribution in [-0.2, 0) is 4.74 Å². The summed E-state index contributed by atoms with van der Waals surface area (Å²) >= 11 is 0. The molecule has 2 rings (SSSR count). The van der Waals surface area contributed by atoms with Gasteiger partial charge in [0.15, 0.2) is 0 Å². The number of ether oxygens (including phenoxy) is 1. The molecule has 1 aliphatic rings. The zero-order valence-electron chi connectivity index (χ0n) is 6.94. The lowest BCUT2D eigenvalue weighted by atomic mass is 10.1. The number of anilines is 1. The highest BCUT2D eigenvalue weighted by atomic mass is 16.5. The van der Waals surface area contributed by atoms with Crippen LogP contribution in [0.5, 0.6) is 0 Å². The van der Waals surface area contributed by atoms with Crippen LogP contribution in [0.4, 0.5) is 5.82 Å². The van der Waals surface area contributed by atoms with E-state index in [1.54, 1.807) is 6.33 Å². The van der Waals surface area contributed by atoms with Crippen LogP contribution in [0.25, 0.3) is 0 Å². The van der Waals surface area contributed by atoms with Crippen molar-refractivity contribution in [1.29, 1.82) is 0 Å². The minimum atomic E-state index is 0.531. The van der Waals surface area contributed by atoms with Crippen LogP contribution in [-0.4, -0.2) is 22.8 Å². The van der Waals surface area contributed by atoms with E-state index in [4.69, 9.17) is 10.5 Å². The van der Waals surface area contributed by atoms with Gasteiger partial charge in [-0.1, -0.05) is 0 Å². The van der Waals surface area contributed by atoms with E-state index in [0.717, 1.165) is 26.1 Å². The van der Waals surface area contributed by atoms with Gasteiger partial charge in [0.25, 0.3) is 0 Å². The molecule has 0 aliphatic carbocycles. The van der Waals surface area contributed by atoms with Crippen molar-refractivity contribution in [2.45, 2.75) is 18.9 Å². The first-order chi connectivity index (χ1) is 5.86. The van der Waals surface area contributed by atoms with E-state index >= 15 is 0 Å². The van der Waals surface area contributed by atoms with Gasteiger partial charge in [0, 0.05) is 25.5 Å². The molecule has 0 amide bonds. The Hall–Kier alpha value is -1.03. The third-order valence-electron chi connectivity index (χ3n) is 2.23. The molecule has 1 saturated heterocycles. The van der Waals surface area contributed by atoms with E-state index in [1.165, 1.54) is 0 Å². The van der Waals surface area contributed by atoms with Crippen LogP contribution in [0.15, 0.2) is 12.5 Å². The quantitative estimate of drug-likeness (QED) is 0.673. The molecule has 1 fully saturated rings. The van der Waals surface area contributed by atoms with Crippen molar-refractivity contribution in [2.24, 2.45) is 0 Å². The molecule has 2 N–H and O–H groups in total. The van der Waals surface area contributed by atoms with Crippen molar-refractivity contribution < 1.29 is 4.74 Å². The molecule has 4 heteroatoms. The molecular weight excluding hydrogens is 154 g/mol. The van der Waals surface area contributed by atoms with Gasteiger partial charge in [-0.25, -0.2) is 4.98 Å². The summed E-state index contributed by atoms with van der Waals surface area (Å²) in [6.45, 7) is 1.70. The molecule has 1 aliphatic heterocycles. The van der Waals surface area contributed by atoms with Gasteiger partial charge < -0.3 is 15.0 Å². The van der Waals surface area contributed by atoms with Crippen LogP contribution in [0.2, 0.25) is 0 Å². The van der Waals surface area contributed by atoms with Crippen molar-refractivity contribution in [3.05, 3.63) is 12.5 Å². The Morgan fingerprint density at radius 1 is 1.50 bits per heavy atom. The number of nitrogen functional groups attached to an aromatic ring is 1. The summed E-state index contributed by atoms with van der Waals surface area (Å²) in [6, 6.07) is 0.531. The number of nitrogens with two attached hydrogens (primary N) is 1. The van der Waals surface area contributed by atoms with Crippen molar-refractivity contribution in [2.75, 3.05) is 18.9 Å². The highest BCUT2D eigenvalue weighted by molar-refractivity contribution is 5.22. The molecule has 0 spiro atoms. The van der Waals surface area contributed by atoms with Crippen LogP contribution >= 0.6 is 0 Å². The molecule has 0 atom stereocenters. The number of aromatic nitrogens is 2. The van der Waals surface area contributed by atoms with Gasteiger partial charge in [-0.05, 0) is 12.8 Å². The van der Waals surface area contributed by atoms with E-state index < -0.39 is 0 Å². The fraction of sp³-hybridized carbons (Fsp3) is 0.625. The minimum absolute atomic E-state index is 0.531. The predicted molar refractivity (Wildman–Crippen MR) is 45.7 cm³/mol. The van der Waals surface area contributed by atoms with Crippen LogP contribution in [0.1, 0.15) is 18.9 Å². The lowest BCUT2D eigenvalue weighted by Crippen LogP contribution is -2.18. The molecule has 1 aromatic heterocycles. The zero-order valence-corrected chi connectivity index (χ0v) is 6.94. The molecule has 2 heterocycles. The number of nitrogens with zero attached hydrogens (tertiary/aromatic N) is 2. The third kappa shape index (κ3) is 1.43. The first-order valence-corrected chi connectivity index (χ1v) is 4.23. The van der Waals surface area contributed by atoms with Gasteiger partial charge in [0.05, 0.1) is 6.33 Å². The van der Waals surface area contributed by atoms with Gasteiger partial charge in [-0.3, -0.25) is 0 Å². The summed E-state index contributed by atoms with van der Waals surface area (Å²) < 4.78 is 7.34. The molecule has 0 saturated carbocycles. The van der Waals surface area contributed by atoms with Crippen molar-refractivity contribution >= 4 is 5.82 Å². The lowest BCUT2D eigenvalue weighted by molar-refractivity contribution is 0.0696. The summed E-state index contributed by atoms with van der Waals surface area (Å²) in [5.74, 6) is 0.599. The highest BCUT2D eigenvalue weighted by Gasteiger charge is 2.14. The second kappa shape index (κ2) is 3.15. The second-order valence-electron chi connectivity index (χ2n) is 3.09. The smallest absolute Gasteiger partial charge is 0.141 e. The maximum absolute atomic E-state index is 5.52. The van der Waals surface area contributed by atoms with Crippen LogP contribution in [0, 0.1) is 0 Å². The van der Waals surface area contributed by atoms with E-state index in [2.05, 4.69) is 9.55 Å². The summed E-state index contributed by atoms with van der Waals surface area (Å²) in [6.07, 6.45) is 5.81. The maximum atomic E-state index is 5.52. The van der Waals surface area contributed by atoms with Crippen molar-refractivity contribution in [3.63, 3.8) is 0 Å². The Labute approximate surface area is 71.3 Å². The van der Waals surface area contributed by atoms with E-state index in [9.17, 15) is 0 Å². The number of imidazole rings is 1. The summed E-state index contributed by atoms with van der Waals surface area (Å²) in [5.41, 5.74) is 5.52. The topological polar surface area (TPSA) is 53.1 Å². The SMILES string of the molecule is Nc1cn(C2CCOCC2)cn1. The van der Waals surface area contributed by atoms with Crippen LogP contribution in [0.3, 0.4) is 0 Å². The average Bonchev–Trinajstić information content (AvgIpc) is 2.54. The Kier molecular flexibility index (Phi) is 1.99. The number of hydrogen-bond donors (Lipinski definition) is 1. The Morgan fingerprint density at radius 2 is 2.25 bits per heavy atom. The molecule has 0 aromatic carbocycles. The third-order valence-corrected chi connectivity index (χ3v) is 2.23. The van der Waals surface area contributed by atoms with E-state index in [1.807, 2.05) is 6.20 Å². The predicted octanol–water partition coefficient (Wildman–Crippen LogP) is 0.817. The Morgan fingerprint density at radius 3 is 2.83 bits per heavy atom. The maximum Gasteiger partial charge on any atom is 0.141 e. The van der Waals surface area contributed by atoms with Crippen LogP contribution < -0.4 is 5.73 Å². The molecule has 66 valence electrons. The summed E-state index contributed by atoms with van der Waals surface area (Å²) in [7, 11) is 0. The van der Waals surface area contributed by atoms with Crippen molar-refractivity contribution in [1.82, 2.24) is 9.55 Å². The van der Waals surface area contributed by atoms with Crippen molar-refractivity contribution in [3.8, 4) is 0 Å². The molecule has 1 aromatic rings. The lowest BCUT2D eigenvalue weighted by Gasteiger charge is -2.22. The molecule has 0 bridgehead atoms. The number of hydrogen-bond acceptors (Lipinski definition) is 3. The van der Waals surface area contributed by atoms with Gasteiger partial charge >= 0.3 is 0 Å². The van der Waals surface area contributed by atoms with Gasteiger partial charge in [-0.2, -0.15) is 0 Å². The first-order valence-electron chi connectivity index (χ1n) is 4.23. The molecule has 12 heavy (non-hydrogen) atoms. The Balaban J connectivity index is 2.08. The average molecular weight is 167 g/mol. The van der Waals surface area contributed by atoms with E-state index in [-0.39, 0.29) is 0 Å². The highest BCUT2D eigenvalue weighted by Crippen LogP contribution is 2.20. The molecule has 4 nitrogen and oxygen atoms in total. The molecule has 0 unspecified atom stereocenters. The fourth-order valence-electron chi connectivity index (χ4n) is 1.54. The monoisotopic (exact) mass is 167 g/mol. The number of rotatable bonds is 1. The van der Waals surface area contributed by atoms with Gasteiger partial charge in [-0.15, -0.1) is 0 Å². The molecule has 0 radical (unpaired) electrons. The first kappa shape index (κ1) is 7.61. The van der Waals surface area contributed by atoms with Gasteiger partial charge in [0.2, 0.25) is 0 Å². The zero-order chi connectivity index (χ0) is 8.39. The normalized spacial score (nSPS) is 19.7. The largest absolute Gasteiger partial charge is 0.382 e. The Bertz CT molecular complexity index is 253. The van der Waals surface area contributed by atoms with Gasteiger partial charge in [0.1, 0.15) is 5.82 Å². The fourth-order valence-corrected chi connectivity index (χ4v) is 1.54. The second-order valence-corrected chi connectivity index (χ2v) is 3.09. The summed E-state index contributed by atoms with van der Waals surface area (Å²) in [5, 5.41) is 0. The van der Waals surface area contributed by atoms with E-state index in [0.29, 0.717) is 11.9 Å². The molecular formula is C8H13N3O. The minimum Gasteiger partial charge on any atom is -0.382 e. The standard InChI is InChI=1S/C8H13N3O/c9-8-5-11(6-10-8)7-1-3-12-4-2-7/h5-7H,1-4,9H2. The summed E-state index contributed by atoms with van der Waals surface area (Å²) in [4.78, 5) is 3.99.